The highest BCUT2D eigenvalue weighted by atomic mass is 16.5. The van der Waals surface area contributed by atoms with E-state index in [1.54, 1.807) is 6.26 Å². The molecule has 0 aliphatic heterocycles. The molecule has 0 amide bonds. The zero-order chi connectivity index (χ0) is 18.9. The first-order valence-electron chi connectivity index (χ1n) is 11.0. The van der Waals surface area contributed by atoms with Crippen molar-refractivity contribution in [3.05, 3.63) is 48.2 Å². The van der Waals surface area contributed by atoms with Crippen LogP contribution in [0.4, 0.5) is 0 Å². The van der Waals surface area contributed by atoms with Gasteiger partial charge in [-0.05, 0) is 55.6 Å². The Bertz CT molecular complexity index is 544. The van der Waals surface area contributed by atoms with Crippen molar-refractivity contribution in [3.63, 3.8) is 0 Å². The Balaban J connectivity index is 1.56. The molecule has 3 nitrogen and oxygen atoms in total. The van der Waals surface area contributed by atoms with Gasteiger partial charge in [-0.2, -0.15) is 0 Å². The van der Waals surface area contributed by atoms with Crippen LogP contribution in [0.15, 0.2) is 42.7 Å². The highest BCUT2D eigenvalue weighted by Gasteiger charge is 2.35. The first kappa shape index (κ1) is 20.4. The molecule has 2 saturated carbocycles. The van der Waals surface area contributed by atoms with Crippen LogP contribution in [-0.2, 0) is 4.74 Å². The van der Waals surface area contributed by atoms with E-state index in [1.165, 1.54) is 38.5 Å². The van der Waals surface area contributed by atoms with Crippen molar-refractivity contribution in [1.82, 2.24) is 0 Å². The second-order valence-corrected chi connectivity index (χ2v) is 8.42. The Morgan fingerprint density at radius 1 is 0.852 bits per heavy atom. The lowest BCUT2D eigenvalue weighted by Gasteiger charge is -2.37. The van der Waals surface area contributed by atoms with Crippen molar-refractivity contribution in [3.8, 4) is 0 Å². The monoisotopic (exact) mass is 372 g/mol. The van der Waals surface area contributed by atoms with Crippen molar-refractivity contribution < 1.29 is 14.9 Å². The van der Waals surface area contributed by atoms with Crippen LogP contribution in [-0.4, -0.2) is 22.4 Å². The predicted octanol–water partition coefficient (Wildman–Crippen LogP) is 5.53. The van der Waals surface area contributed by atoms with Gasteiger partial charge < -0.3 is 14.9 Å². The topological polar surface area (TPSA) is 49.7 Å². The van der Waals surface area contributed by atoms with Gasteiger partial charge in [0.25, 0.3) is 0 Å². The Morgan fingerprint density at radius 2 is 1.44 bits per heavy atom. The maximum atomic E-state index is 11.1. The normalized spacial score (nSPS) is 23.2. The molecule has 0 radical (unpaired) electrons. The predicted molar refractivity (Wildman–Crippen MR) is 109 cm³/mol. The third-order valence-corrected chi connectivity index (χ3v) is 6.46. The lowest BCUT2D eigenvalue weighted by Crippen LogP contribution is -2.41. The highest BCUT2D eigenvalue weighted by molar-refractivity contribution is 5.17. The number of rotatable bonds is 8. The molecule has 0 heterocycles. The van der Waals surface area contributed by atoms with E-state index in [4.69, 9.17) is 4.74 Å². The van der Waals surface area contributed by atoms with Crippen LogP contribution in [0.2, 0.25) is 0 Å². The molecule has 0 bridgehead atoms. The molecule has 150 valence electrons. The summed E-state index contributed by atoms with van der Waals surface area (Å²) in [6.45, 7) is 0. The molecule has 2 aliphatic carbocycles. The smallest absolute Gasteiger partial charge is 0.127 e. The number of hydrogen-bond donors (Lipinski definition) is 2. The SMILES string of the molecule is OC(C/C=C/OC(C1CCCCC1)C(O)C1CCCCC1)c1ccccc1. The van der Waals surface area contributed by atoms with Crippen LogP contribution >= 0.6 is 0 Å². The standard InChI is InChI=1S/C24H36O3/c25-22(19-11-4-1-5-12-19)17-10-18-27-24(21-15-8-3-9-16-21)23(26)20-13-6-2-7-14-20/h1,4-5,10-12,18,20-26H,2-3,6-9,13-17H2/b18-10+. The number of aliphatic hydroxyl groups excluding tert-OH is 2. The number of ether oxygens (including phenoxy) is 1. The molecule has 1 aromatic carbocycles. The van der Waals surface area contributed by atoms with E-state index in [2.05, 4.69) is 0 Å². The van der Waals surface area contributed by atoms with E-state index in [0.29, 0.717) is 18.3 Å². The van der Waals surface area contributed by atoms with E-state index >= 15 is 0 Å². The number of hydrogen-bond acceptors (Lipinski definition) is 3. The molecule has 3 rings (SSSR count). The molecule has 0 spiro atoms. The van der Waals surface area contributed by atoms with Crippen molar-refractivity contribution >= 4 is 0 Å². The summed E-state index contributed by atoms with van der Waals surface area (Å²) in [5, 5.41) is 21.4. The lowest BCUT2D eigenvalue weighted by atomic mass is 9.76. The molecule has 3 unspecified atom stereocenters. The van der Waals surface area contributed by atoms with Crippen LogP contribution < -0.4 is 0 Å². The fraction of sp³-hybridized carbons (Fsp3) is 0.667. The van der Waals surface area contributed by atoms with E-state index < -0.39 is 6.10 Å². The third kappa shape index (κ3) is 6.08. The van der Waals surface area contributed by atoms with Gasteiger partial charge in [0.15, 0.2) is 0 Å². The van der Waals surface area contributed by atoms with Gasteiger partial charge in [0.1, 0.15) is 6.10 Å². The second-order valence-electron chi connectivity index (χ2n) is 8.42. The second kappa shape index (κ2) is 10.9. The van der Waals surface area contributed by atoms with Crippen LogP contribution in [0.3, 0.4) is 0 Å². The third-order valence-electron chi connectivity index (χ3n) is 6.46. The summed E-state index contributed by atoms with van der Waals surface area (Å²) in [4.78, 5) is 0. The van der Waals surface area contributed by atoms with Crippen LogP contribution in [0.1, 0.15) is 82.3 Å². The van der Waals surface area contributed by atoms with Crippen molar-refractivity contribution in [2.75, 3.05) is 0 Å². The van der Waals surface area contributed by atoms with Gasteiger partial charge in [0, 0.05) is 0 Å². The zero-order valence-electron chi connectivity index (χ0n) is 16.5. The molecule has 3 heteroatoms. The summed E-state index contributed by atoms with van der Waals surface area (Å²) in [6.07, 6.45) is 15.3. The molecule has 2 aliphatic rings. The highest BCUT2D eigenvalue weighted by Crippen LogP contribution is 2.35. The fourth-order valence-electron chi connectivity index (χ4n) is 4.82. The van der Waals surface area contributed by atoms with Crippen molar-refractivity contribution in [2.24, 2.45) is 11.8 Å². The Kier molecular flexibility index (Phi) is 8.22. The molecule has 1 aromatic rings. The Morgan fingerprint density at radius 3 is 2.07 bits per heavy atom. The van der Waals surface area contributed by atoms with Crippen LogP contribution in [0, 0.1) is 11.8 Å². The van der Waals surface area contributed by atoms with Crippen LogP contribution in [0.5, 0.6) is 0 Å². The molecular formula is C24H36O3. The summed E-state index contributed by atoms with van der Waals surface area (Å²) < 4.78 is 6.14. The minimum Gasteiger partial charge on any atom is -0.495 e. The van der Waals surface area contributed by atoms with Gasteiger partial charge in [0.05, 0.1) is 18.5 Å². The average molecular weight is 373 g/mol. The fourth-order valence-corrected chi connectivity index (χ4v) is 4.82. The Labute approximate surface area is 164 Å². The lowest BCUT2D eigenvalue weighted by molar-refractivity contribution is -0.0691. The maximum Gasteiger partial charge on any atom is 0.127 e. The van der Waals surface area contributed by atoms with Gasteiger partial charge in [-0.15, -0.1) is 0 Å². The van der Waals surface area contributed by atoms with Crippen LogP contribution in [0.25, 0.3) is 0 Å². The Hall–Kier alpha value is -1.32. The van der Waals surface area contributed by atoms with Gasteiger partial charge in [-0.3, -0.25) is 0 Å². The first-order valence-corrected chi connectivity index (χ1v) is 11.0. The summed E-state index contributed by atoms with van der Waals surface area (Å²) in [5.41, 5.74) is 0.924. The van der Waals surface area contributed by atoms with Gasteiger partial charge >= 0.3 is 0 Å². The van der Waals surface area contributed by atoms with Gasteiger partial charge in [-0.1, -0.05) is 68.9 Å². The molecule has 2 N–H and O–H groups in total. The van der Waals surface area contributed by atoms with E-state index in [9.17, 15) is 10.2 Å². The first-order chi connectivity index (χ1) is 13.3. The molecule has 0 aromatic heterocycles. The van der Waals surface area contributed by atoms with Gasteiger partial charge in [-0.25, -0.2) is 0 Å². The summed E-state index contributed by atoms with van der Waals surface area (Å²) in [5.74, 6) is 0.841. The van der Waals surface area contributed by atoms with Gasteiger partial charge in [0.2, 0.25) is 0 Å². The minimum absolute atomic E-state index is 0.0986. The minimum atomic E-state index is -0.512. The molecular weight excluding hydrogens is 336 g/mol. The van der Waals surface area contributed by atoms with E-state index in [1.807, 2.05) is 36.4 Å². The molecule has 3 atom stereocenters. The van der Waals surface area contributed by atoms with Crippen molar-refractivity contribution in [2.45, 2.75) is 88.9 Å². The maximum absolute atomic E-state index is 11.1. The molecule has 27 heavy (non-hydrogen) atoms. The number of benzene rings is 1. The summed E-state index contributed by atoms with van der Waals surface area (Å²) in [6, 6.07) is 9.72. The largest absolute Gasteiger partial charge is 0.495 e. The molecule has 0 saturated heterocycles. The van der Waals surface area contributed by atoms with Crippen molar-refractivity contribution in [1.29, 1.82) is 0 Å². The van der Waals surface area contributed by atoms with E-state index in [0.717, 1.165) is 31.2 Å². The average Bonchev–Trinajstić information content (AvgIpc) is 2.75. The molecule has 2 fully saturated rings. The quantitative estimate of drug-likeness (QED) is 0.590. The zero-order valence-corrected chi connectivity index (χ0v) is 16.5. The number of aliphatic hydroxyl groups is 2. The summed E-state index contributed by atoms with van der Waals surface area (Å²) >= 11 is 0. The summed E-state index contributed by atoms with van der Waals surface area (Å²) in [7, 11) is 0. The van der Waals surface area contributed by atoms with E-state index in [-0.39, 0.29) is 12.2 Å².